The van der Waals surface area contributed by atoms with Crippen LogP contribution in [-0.4, -0.2) is 52.0 Å². The van der Waals surface area contributed by atoms with E-state index in [2.05, 4.69) is 10.6 Å². The summed E-state index contributed by atoms with van der Waals surface area (Å²) in [4.78, 5) is 46.9. The molecule has 8 N–H and O–H groups in total. The fourth-order valence-corrected chi connectivity index (χ4v) is 2.44. The molecule has 3 atom stereocenters. The maximum atomic E-state index is 12.4. The Morgan fingerprint density at radius 3 is 2.07 bits per heavy atom. The number of phenols is 1. The standard InChI is InChI=1S/C18H26N4O6/c1-9(2)15(17(26)21-13(18(27)28)8-14(20)24)22-16(25)12(19)7-10-3-5-11(23)6-4-10/h3-6,9,12-13,15,23H,7-8,19H2,1-2H3,(H2,20,24)(H,21,26)(H,22,25)(H,27,28)/t12-,13-,15-/m0/s1. The molecular formula is C18H26N4O6. The maximum absolute atomic E-state index is 12.4. The number of carbonyl (C=O) groups excluding carboxylic acids is 3. The molecule has 1 aromatic carbocycles. The van der Waals surface area contributed by atoms with E-state index in [-0.39, 0.29) is 18.1 Å². The Hall–Kier alpha value is -3.14. The minimum atomic E-state index is -1.49. The second-order valence-corrected chi connectivity index (χ2v) is 6.78. The Morgan fingerprint density at radius 1 is 1.04 bits per heavy atom. The molecule has 0 aliphatic carbocycles. The number of carboxylic acid groups (broad SMARTS) is 1. The third kappa shape index (κ3) is 7.23. The van der Waals surface area contributed by atoms with Crippen LogP contribution in [-0.2, 0) is 25.6 Å². The van der Waals surface area contributed by atoms with Crippen molar-refractivity contribution in [2.75, 3.05) is 0 Å². The third-order valence-electron chi connectivity index (χ3n) is 4.00. The molecule has 0 bridgehead atoms. The van der Waals surface area contributed by atoms with Crippen LogP contribution in [0, 0.1) is 5.92 Å². The summed E-state index contributed by atoms with van der Waals surface area (Å²) in [6.45, 7) is 3.33. The highest BCUT2D eigenvalue weighted by atomic mass is 16.4. The van der Waals surface area contributed by atoms with Crippen molar-refractivity contribution in [2.24, 2.45) is 17.4 Å². The minimum absolute atomic E-state index is 0.0854. The fraction of sp³-hybridized carbons (Fsp3) is 0.444. The van der Waals surface area contributed by atoms with Gasteiger partial charge in [-0.25, -0.2) is 4.79 Å². The number of aromatic hydroxyl groups is 1. The lowest BCUT2D eigenvalue weighted by molar-refractivity contribution is -0.144. The molecule has 0 fully saturated rings. The molecule has 3 amide bonds. The van der Waals surface area contributed by atoms with E-state index < -0.39 is 48.2 Å². The summed E-state index contributed by atoms with van der Waals surface area (Å²) in [6, 6.07) is 2.68. The Labute approximate surface area is 162 Å². The summed E-state index contributed by atoms with van der Waals surface area (Å²) >= 11 is 0. The van der Waals surface area contributed by atoms with Gasteiger partial charge in [0.05, 0.1) is 12.5 Å². The van der Waals surface area contributed by atoms with Gasteiger partial charge in [-0.15, -0.1) is 0 Å². The van der Waals surface area contributed by atoms with E-state index in [0.29, 0.717) is 0 Å². The highest BCUT2D eigenvalue weighted by molar-refractivity contribution is 5.93. The molecule has 10 nitrogen and oxygen atoms in total. The van der Waals surface area contributed by atoms with Crippen LogP contribution in [0.3, 0.4) is 0 Å². The third-order valence-corrected chi connectivity index (χ3v) is 4.00. The monoisotopic (exact) mass is 394 g/mol. The molecule has 154 valence electrons. The molecule has 0 aliphatic heterocycles. The van der Waals surface area contributed by atoms with Crippen LogP contribution in [0.4, 0.5) is 0 Å². The number of carboxylic acids is 1. The van der Waals surface area contributed by atoms with Crippen molar-refractivity contribution < 1.29 is 29.4 Å². The number of aliphatic carboxylic acids is 1. The number of benzene rings is 1. The summed E-state index contributed by atoms with van der Waals surface area (Å²) in [6.07, 6.45) is -0.391. The van der Waals surface area contributed by atoms with Gasteiger partial charge in [0.2, 0.25) is 17.7 Å². The molecule has 0 saturated carbocycles. The summed E-state index contributed by atoms with van der Waals surface area (Å²) in [5, 5.41) is 23.1. The van der Waals surface area contributed by atoms with Crippen LogP contribution in [0.15, 0.2) is 24.3 Å². The van der Waals surface area contributed by atoms with Crippen LogP contribution < -0.4 is 22.1 Å². The van der Waals surface area contributed by atoms with Gasteiger partial charge in [0, 0.05) is 0 Å². The lowest BCUT2D eigenvalue weighted by Gasteiger charge is -2.25. The van der Waals surface area contributed by atoms with Crippen molar-refractivity contribution in [3.8, 4) is 5.75 Å². The van der Waals surface area contributed by atoms with E-state index in [4.69, 9.17) is 16.6 Å². The Kier molecular flexibility index (Phi) is 8.39. The zero-order chi connectivity index (χ0) is 21.4. The smallest absolute Gasteiger partial charge is 0.326 e. The molecule has 28 heavy (non-hydrogen) atoms. The van der Waals surface area contributed by atoms with Gasteiger partial charge < -0.3 is 32.3 Å². The van der Waals surface area contributed by atoms with E-state index in [1.54, 1.807) is 26.0 Å². The second-order valence-electron chi connectivity index (χ2n) is 6.78. The highest BCUT2D eigenvalue weighted by Crippen LogP contribution is 2.11. The van der Waals surface area contributed by atoms with E-state index in [9.17, 15) is 24.3 Å². The van der Waals surface area contributed by atoms with Gasteiger partial charge in [0.25, 0.3) is 0 Å². The predicted octanol–water partition coefficient (Wildman–Crippen LogP) is -1.15. The van der Waals surface area contributed by atoms with Crippen molar-refractivity contribution in [3.63, 3.8) is 0 Å². The van der Waals surface area contributed by atoms with Crippen molar-refractivity contribution >= 4 is 23.7 Å². The van der Waals surface area contributed by atoms with Gasteiger partial charge in [-0.05, 0) is 30.0 Å². The number of hydrogen-bond donors (Lipinski definition) is 6. The van der Waals surface area contributed by atoms with E-state index in [1.807, 2.05) is 0 Å². The topological polar surface area (TPSA) is 185 Å². The van der Waals surface area contributed by atoms with E-state index in [0.717, 1.165) is 5.56 Å². The van der Waals surface area contributed by atoms with Gasteiger partial charge in [-0.2, -0.15) is 0 Å². The number of hydrogen-bond acceptors (Lipinski definition) is 6. The minimum Gasteiger partial charge on any atom is -0.508 e. The molecule has 0 unspecified atom stereocenters. The van der Waals surface area contributed by atoms with Crippen molar-refractivity contribution in [3.05, 3.63) is 29.8 Å². The number of carbonyl (C=O) groups is 4. The maximum Gasteiger partial charge on any atom is 0.326 e. The van der Waals surface area contributed by atoms with E-state index in [1.165, 1.54) is 12.1 Å². The fourth-order valence-electron chi connectivity index (χ4n) is 2.44. The first kappa shape index (κ1) is 22.9. The zero-order valence-electron chi connectivity index (χ0n) is 15.7. The number of rotatable bonds is 10. The Balaban J connectivity index is 2.77. The molecule has 0 radical (unpaired) electrons. The first-order valence-electron chi connectivity index (χ1n) is 8.66. The lowest BCUT2D eigenvalue weighted by atomic mass is 10.0. The normalized spacial score (nSPS) is 14.0. The number of nitrogens with two attached hydrogens (primary N) is 2. The SMILES string of the molecule is CC(C)[C@H](NC(=O)[C@@H](N)Cc1ccc(O)cc1)C(=O)N[C@@H](CC(N)=O)C(=O)O. The van der Waals surface area contributed by atoms with Crippen LogP contribution in [0.1, 0.15) is 25.8 Å². The first-order chi connectivity index (χ1) is 13.0. The molecule has 0 aliphatic rings. The van der Waals surface area contributed by atoms with Crippen LogP contribution >= 0.6 is 0 Å². The van der Waals surface area contributed by atoms with Gasteiger partial charge in [0.15, 0.2) is 0 Å². The first-order valence-corrected chi connectivity index (χ1v) is 8.66. The Morgan fingerprint density at radius 2 is 1.61 bits per heavy atom. The molecule has 0 spiro atoms. The van der Waals surface area contributed by atoms with Crippen molar-refractivity contribution in [2.45, 2.75) is 44.8 Å². The number of phenolic OH excluding ortho intramolecular Hbond substituents is 1. The quantitative estimate of drug-likeness (QED) is 0.289. The van der Waals surface area contributed by atoms with Crippen molar-refractivity contribution in [1.29, 1.82) is 0 Å². The van der Waals surface area contributed by atoms with Crippen LogP contribution in [0.25, 0.3) is 0 Å². The summed E-state index contributed by atoms with van der Waals surface area (Å²) < 4.78 is 0. The largest absolute Gasteiger partial charge is 0.508 e. The molecule has 1 aromatic rings. The molecule has 0 saturated heterocycles. The molecule has 0 heterocycles. The van der Waals surface area contributed by atoms with Gasteiger partial charge >= 0.3 is 5.97 Å². The predicted molar refractivity (Wildman–Crippen MR) is 99.9 cm³/mol. The summed E-state index contributed by atoms with van der Waals surface area (Å²) in [5.74, 6) is -3.92. The average molecular weight is 394 g/mol. The molecular weight excluding hydrogens is 368 g/mol. The summed E-state index contributed by atoms with van der Waals surface area (Å²) in [5.41, 5.74) is 11.6. The van der Waals surface area contributed by atoms with Gasteiger partial charge in [-0.3, -0.25) is 14.4 Å². The van der Waals surface area contributed by atoms with Gasteiger partial charge in [0.1, 0.15) is 17.8 Å². The second kappa shape index (κ2) is 10.3. The highest BCUT2D eigenvalue weighted by Gasteiger charge is 2.30. The molecule has 0 aromatic heterocycles. The number of nitrogens with one attached hydrogen (secondary N) is 2. The zero-order valence-corrected chi connectivity index (χ0v) is 15.7. The number of primary amides is 1. The summed E-state index contributed by atoms with van der Waals surface area (Å²) in [7, 11) is 0. The van der Waals surface area contributed by atoms with E-state index >= 15 is 0 Å². The van der Waals surface area contributed by atoms with Gasteiger partial charge in [-0.1, -0.05) is 26.0 Å². The van der Waals surface area contributed by atoms with Crippen LogP contribution in [0.5, 0.6) is 5.75 Å². The molecule has 1 rings (SSSR count). The Bertz CT molecular complexity index is 719. The number of amides is 3. The average Bonchev–Trinajstić information content (AvgIpc) is 2.59. The van der Waals surface area contributed by atoms with Crippen molar-refractivity contribution in [1.82, 2.24) is 10.6 Å². The molecule has 10 heteroatoms. The van der Waals surface area contributed by atoms with Crippen LogP contribution in [0.2, 0.25) is 0 Å². The lowest BCUT2D eigenvalue weighted by Crippen LogP contribution is -2.57.